The van der Waals surface area contributed by atoms with Gasteiger partial charge in [-0.05, 0) is 32.7 Å². The zero-order valence-corrected chi connectivity index (χ0v) is 6.77. The van der Waals surface area contributed by atoms with Crippen molar-refractivity contribution in [2.75, 3.05) is 6.54 Å². The van der Waals surface area contributed by atoms with E-state index in [-0.39, 0.29) is 0 Å². The Morgan fingerprint density at radius 2 is 2.30 bits per heavy atom. The maximum absolute atomic E-state index is 5.60. The second-order valence-corrected chi connectivity index (χ2v) is 3.35. The number of rotatable bonds is 4. The van der Waals surface area contributed by atoms with E-state index in [4.69, 9.17) is 5.73 Å². The van der Waals surface area contributed by atoms with E-state index in [0.29, 0.717) is 6.04 Å². The van der Waals surface area contributed by atoms with E-state index >= 15 is 0 Å². The van der Waals surface area contributed by atoms with Crippen LogP contribution < -0.4 is 11.1 Å². The molecule has 1 aliphatic rings. The summed E-state index contributed by atoms with van der Waals surface area (Å²) >= 11 is 0. The van der Waals surface area contributed by atoms with Gasteiger partial charge in [-0.1, -0.05) is 6.42 Å². The van der Waals surface area contributed by atoms with Crippen LogP contribution in [0.2, 0.25) is 0 Å². The number of hydrogen-bond donors (Lipinski definition) is 2. The van der Waals surface area contributed by atoms with Crippen LogP contribution in [0.3, 0.4) is 0 Å². The van der Waals surface area contributed by atoms with Crippen LogP contribution in [0.4, 0.5) is 0 Å². The van der Waals surface area contributed by atoms with Crippen molar-refractivity contribution in [1.29, 1.82) is 0 Å². The molecule has 2 heteroatoms. The van der Waals surface area contributed by atoms with Crippen molar-refractivity contribution in [3.05, 3.63) is 0 Å². The average molecular weight is 142 g/mol. The number of nitrogens with two attached hydrogens (primary N) is 1. The lowest BCUT2D eigenvalue weighted by Crippen LogP contribution is -2.37. The van der Waals surface area contributed by atoms with E-state index < -0.39 is 0 Å². The van der Waals surface area contributed by atoms with Crippen LogP contribution in [0.25, 0.3) is 0 Å². The first-order valence-electron chi connectivity index (χ1n) is 4.28. The molecule has 1 rings (SSSR count). The normalized spacial score (nSPS) is 22.2. The Bertz CT molecular complexity index is 87.3. The maximum Gasteiger partial charge on any atom is 0.00670 e. The molecule has 0 radical (unpaired) electrons. The summed E-state index contributed by atoms with van der Waals surface area (Å²) in [5, 5.41) is 3.47. The Balaban J connectivity index is 1.85. The molecule has 60 valence electrons. The average Bonchev–Trinajstić information content (AvgIpc) is 1.75. The molecule has 1 atom stereocenters. The highest BCUT2D eigenvalue weighted by molar-refractivity contribution is 4.76. The van der Waals surface area contributed by atoms with E-state index in [1.54, 1.807) is 0 Å². The third kappa shape index (κ3) is 2.67. The smallest absolute Gasteiger partial charge is 0.00670 e. The van der Waals surface area contributed by atoms with Crippen molar-refractivity contribution in [1.82, 2.24) is 5.32 Å². The van der Waals surface area contributed by atoms with Crippen LogP contribution in [-0.2, 0) is 0 Å². The summed E-state index contributed by atoms with van der Waals surface area (Å²) < 4.78 is 0. The van der Waals surface area contributed by atoms with Gasteiger partial charge in [0.25, 0.3) is 0 Å². The second kappa shape index (κ2) is 3.94. The predicted molar refractivity (Wildman–Crippen MR) is 43.9 cm³/mol. The minimum Gasteiger partial charge on any atom is -0.328 e. The summed E-state index contributed by atoms with van der Waals surface area (Å²) in [5.41, 5.74) is 5.60. The minimum absolute atomic E-state index is 0.354. The Labute approximate surface area is 63.2 Å². The lowest BCUT2D eigenvalue weighted by atomic mass is 9.93. The first-order chi connectivity index (χ1) is 4.79. The van der Waals surface area contributed by atoms with Crippen molar-refractivity contribution < 1.29 is 0 Å². The van der Waals surface area contributed by atoms with Gasteiger partial charge in [0.15, 0.2) is 0 Å². The summed E-state index contributed by atoms with van der Waals surface area (Å²) in [6.07, 6.45) is 5.27. The molecule has 2 nitrogen and oxygen atoms in total. The van der Waals surface area contributed by atoms with Crippen LogP contribution in [-0.4, -0.2) is 18.6 Å². The van der Waals surface area contributed by atoms with Gasteiger partial charge in [0, 0.05) is 12.1 Å². The third-order valence-corrected chi connectivity index (χ3v) is 2.14. The van der Waals surface area contributed by atoms with Crippen molar-refractivity contribution in [3.8, 4) is 0 Å². The van der Waals surface area contributed by atoms with Crippen molar-refractivity contribution in [2.24, 2.45) is 5.73 Å². The van der Waals surface area contributed by atoms with Crippen LogP contribution in [0.5, 0.6) is 0 Å². The highest BCUT2D eigenvalue weighted by atomic mass is 14.9. The molecule has 0 saturated heterocycles. The Morgan fingerprint density at radius 3 is 2.70 bits per heavy atom. The van der Waals surface area contributed by atoms with Gasteiger partial charge in [0.05, 0.1) is 0 Å². The zero-order chi connectivity index (χ0) is 7.40. The molecule has 0 aromatic heterocycles. The predicted octanol–water partition coefficient (Wildman–Crippen LogP) is 0.866. The molecule has 0 aromatic carbocycles. The highest BCUT2D eigenvalue weighted by Crippen LogP contribution is 2.17. The number of nitrogens with one attached hydrogen (secondary N) is 1. The minimum atomic E-state index is 0.354. The van der Waals surface area contributed by atoms with Gasteiger partial charge in [-0.25, -0.2) is 0 Å². The monoisotopic (exact) mass is 142 g/mol. The van der Waals surface area contributed by atoms with E-state index in [1.807, 2.05) is 0 Å². The molecule has 0 spiro atoms. The van der Waals surface area contributed by atoms with Gasteiger partial charge in [-0.15, -0.1) is 0 Å². The van der Waals surface area contributed by atoms with Crippen molar-refractivity contribution in [2.45, 2.75) is 44.7 Å². The zero-order valence-electron chi connectivity index (χ0n) is 6.77. The van der Waals surface area contributed by atoms with Crippen LogP contribution in [0.1, 0.15) is 32.6 Å². The van der Waals surface area contributed by atoms with Crippen LogP contribution >= 0.6 is 0 Å². The third-order valence-electron chi connectivity index (χ3n) is 2.14. The van der Waals surface area contributed by atoms with E-state index in [2.05, 4.69) is 12.2 Å². The topological polar surface area (TPSA) is 38.0 Å². The van der Waals surface area contributed by atoms with E-state index in [9.17, 15) is 0 Å². The number of hydrogen-bond acceptors (Lipinski definition) is 2. The molecular formula is C8H18N2. The van der Waals surface area contributed by atoms with Crippen molar-refractivity contribution in [3.63, 3.8) is 0 Å². The van der Waals surface area contributed by atoms with Gasteiger partial charge >= 0.3 is 0 Å². The largest absolute Gasteiger partial charge is 0.328 e. The first-order valence-corrected chi connectivity index (χ1v) is 4.28. The molecule has 0 amide bonds. The molecule has 0 bridgehead atoms. The summed E-state index contributed by atoms with van der Waals surface area (Å²) in [5.74, 6) is 0. The molecule has 3 N–H and O–H groups in total. The Kier molecular flexibility index (Phi) is 3.16. The van der Waals surface area contributed by atoms with Crippen molar-refractivity contribution >= 4 is 0 Å². The first kappa shape index (κ1) is 8.02. The fraction of sp³-hybridized carbons (Fsp3) is 1.00. The Morgan fingerprint density at radius 1 is 1.60 bits per heavy atom. The highest BCUT2D eigenvalue weighted by Gasteiger charge is 2.15. The quantitative estimate of drug-likeness (QED) is 0.611. The van der Waals surface area contributed by atoms with Gasteiger partial charge < -0.3 is 11.1 Å². The lowest BCUT2D eigenvalue weighted by Gasteiger charge is -2.26. The van der Waals surface area contributed by atoms with Gasteiger partial charge in [-0.2, -0.15) is 0 Å². The molecule has 0 heterocycles. The summed E-state index contributed by atoms with van der Waals surface area (Å²) in [6.45, 7) is 3.16. The standard InChI is InChI=1S/C8H18N2/c1-7(9)5-6-10-8-3-2-4-8/h7-8,10H,2-6,9H2,1H3/t7-/m0/s1. The van der Waals surface area contributed by atoms with E-state index in [0.717, 1.165) is 19.0 Å². The summed E-state index contributed by atoms with van der Waals surface area (Å²) in [7, 11) is 0. The molecule has 0 unspecified atom stereocenters. The van der Waals surface area contributed by atoms with E-state index in [1.165, 1.54) is 19.3 Å². The molecule has 0 aromatic rings. The Hall–Kier alpha value is -0.0800. The fourth-order valence-corrected chi connectivity index (χ4v) is 1.13. The summed E-state index contributed by atoms with van der Waals surface area (Å²) in [6, 6.07) is 1.17. The molecule has 10 heavy (non-hydrogen) atoms. The molecule has 1 saturated carbocycles. The SMILES string of the molecule is C[C@H](N)CCNC1CCC1. The fourth-order valence-electron chi connectivity index (χ4n) is 1.13. The van der Waals surface area contributed by atoms with Crippen LogP contribution in [0.15, 0.2) is 0 Å². The van der Waals surface area contributed by atoms with Gasteiger partial charge in [0.2, 0.25) is 0 Å². The second-order valence-electron chi connectivity index (χ2n) is 3.35. The van der Waals surface area contributed by atoms with Gasteiger partial charge in [0.1, 0.15) is 0 Å². The summed E-state index contributed by atoms with van der Waals surface area (Å²) in [4.78, 5) is 0. The maximum atomic E-state index is 5.60. The molecule has 0 aliphatic heterocycles. The molecule has 1 aliphatic carbocycles. The molecular weight excluding hydrogens is 124 g/mol. The lowest BCUT2D eigenvalue weighted by molar-refractivity contribution is 0.336. The van der Waals surface area contributed by atoms with Gasteiger partial charge in [-0.3, -0.25) is 0 Å². The molecule has 1 fully saturated rings. The van der Waals surface area contributed by atoms with Crippen LogP contribution in [0, 0.1) is 0 Å².